The van der Waals surface area contributed by atoms with Gasteiger partial charge in [-0.3, -0.25) is 0 Å². The lowest BCUT2D eigenvalue weighted by molar-refractivity contribution is 0.416. The number of nitrogen functional groups attached to an aromatic ring is 1. The number of hydrogen-bond donors (Lipinski definition) is 1. The molecule has 1 aliphatic rings. The largest absolute Gasteiger partial charge is 0.496 e. The molecule has 1 saturated carbocycles. The van der Waals surface area contributed by atoms with Crippen molar-refractivity contribution in [3.63, 3.8) is 0 Å². The van der Waals surface area contributed by atoms with Gasteiger partial charge in [-0.05, 0) is 31.0 Å². The smallest absolute Gasteiger partial charge is 0.126 e. The minimum Gasteiger partial charge on any atom is -0.496 e. The first-order chi connectivity index (χ1) is 8.79. The molecule has 1 aromatic carbocycles. The number of methoxy groups -OCH3 is 1. The molecule has 1 heterocycles. The molecule has 0 radical (unpaired) electrons. The monoisotopic (exact) mass is 240 g/mol. The minimum absolute atomic E-state index is 0.563. The Kier molecular flexibility index (Phi) is 2.67. The number of pyridine rings is 1. The summed E-state index contributed by atoms with van der Waals surface area (Å²) in [6.45, 7) is 0. The van der Waals surface area contributed by atoms with Gasteiger partial charge >= 0.3 is 0 Å². The summed E-state index contributed by atoms with van der Waals surface area (Å²) in [6, 6.07) is 11.9. The standard InChI is InChI=1S/C15H16N2O/c1-18-13-5-3-2-4-11(13)12-8-9-14(16)17-15(12)10-6-7-10/h2-5,8-10H,6-7H2,1H3,(H2,16,17). The molecule has 0 amide bonds. The van der Waals surface area contributed by atoms with Crippen LogP contribution in [0.3, 0.4) is 0 Å². The second kappa shape index (κ2) is 4.33. The lowest BCUT2D eigenvalue weighted by Gasteiger charge is -2.12. The molecule has 0 aliphatic heterocycles. The van der Waals surface area contributed by atoms with E-state index in [1.165, 1.54) is 12.8 Å². The van der Waals surface area contributed by atoms with Crippen molar-refractivity contribution in [3.05, 3.63) is 42.1 Å². The van der Waals surface area contributed by atoms with E-state index in [0.29, 0.717) is 11.7 Å². The molecule has 2 N–H and O–H groups in total. The van der Waals surface area contributed by atoms with E-state index in [1.807, 2.05) is 30.3 Å². The molecule has 18 heavy (non-hydrogen) atoms. The molecule has 1 aromatic heterocycles. The predicted octanol–water partition coefficient (Wildman–Crippen LogP) is 3.22. The first-order valence-corrected chi connectivity index (χ1v) is 6.19. The quantitative estimate of drug-likeness (QED) is 0.896. The van der Waals surface area contributed by atoms with Gasteiger partial charge in [0.15, 0.2) is 0 Å². The second-order valence-electron chi connectivity index (χ2n) is 4.64. The molecule has 0 spiro atoms. The Labute approximate surface area is 107 Å². The molecule has 0 bridgehead atoms. The number of nitrogens with two attached hydrogens (primary N) is 1. The maximum Gasteiger partial charge on any atom is 0.126 e. The van der Waals surface area contributed by atoms with Gasteiger partial charge in [0, 0.05) is 17.0 Å². The lowest BCUT2D eigenvalue weighted by Crippen LogP contribution is -1.98. The molecule has 1 aliphatic carbocycles. The summed E-state index contributed by atoms with van der Waals surface area (Å²) in [5, 5.41) is 0. The summed E-state index contributed by atoms with van der Waals surface area (Å²) in [5.41, 5.74) is 9.14. The Hall–Kier alpha value is -2.03. The topological polar surface area (TPSA) is 48.1 Å². The van der Waals surface area contributed by atoms with E-state index in [2.05, 4.69) is 11.1 Å². The third-order valence-corrected chi connectivity index (χ3v) is 3.31. The number of ether oxygens (including phenoxy) is 1. The number of benzene rings is 1. The van der Waals surface area contributed by atoms with Gasteiger partial charge in [0.25, 0.3) is 0 Å². The van der Waals surface area contributed by atoms with Gasteiger partial charge < -0.3 is 10.5 Å². The number of nitrogens with zero attached hydrogens (tertiary/aromatic N) is 1. The van der Waals surface area contributed by atoms with E-state index in [-0.39, 0.29) is 0 Å². The average Bonchev–Trinajstić information content (AvgIpc) is 3.23. The highest BCUT2D eigenvalue weighted by atomic mass is 16.5. The van der Waals surface area contributed by atoms with Crippen LogP contribution in [0.25, 0.3) is 11.1 Å². The fraction of sp³-hybridized carbons (Fsp3) is 0.267. The molecule has 3 rings (SSSR count). The summed E-state index contributed by atoms with van der Waals surface area (Å²) in [5.74, 6) is 2.04. The number of hydrogen-bond acceptors (Lipinski definition) is 3. The van der Waals surface area contributed by atoms with Gasteiger partial charge in [-0.25, -0.2) is 4.98 Å². The van der Waals surface area contributed by atoms with Crippen molar-refractivity contribution in [2.75, 3.05) is 12.8 Å². The molecular formula is C15H16N2O. The van der Waals surface area contributed by atoms with Gasteiger partial charge in [-0.1, -0.05) is 18.2 Å². The fourth-order valence-corrected chi connectivity index (χ4v) is 2.25. The molecule has 3 nitrogen and oxygen atoms in total. The Bertz CT molecular complexity index is 576. The van der Waals surface area contributed by atoms with Crippen LogP contribution in [0, 0.1) is 0 Å². The van der Waals surface area contributed by atoms with Gasteiger partial charge in [0.2, 0.25) is 0 Å². The van der Waals surface area contributed by atoms with Crippen LogP contribution in [0.5, 0.6) is 5.75 Å². The summed E-state index contributed by atoms with van der Waals surface area (Å²) in [7, 11) is 1.69. The number of aromatic nitrogens is 1. The van der Waals surface area contributed by atoms with E-state index >= 15 is 0 Å². The molecular weight excluding hydrogens is 224 g/mol. The second-order valence-corrected chi connectivity index (χ2v) is 4.64. The lowest BCUT2D eigenvalue weighted by atomic mass is 10.0. The summed E-state index contributed by atoms with van der Waals surface area (Å²) >= 11 is 0. The third-order valence-electron chi connectivity index (χ3n) is 3.31. The van der Waals surface area contributed by atoms with Crippen LogP contribution in [-0.4, -0.2) is 12.1 Å². The molecule has 92 valence electrons. The SMILES string of the molecule is COc1ccccc1-c1ccc(N)nc1C1CC1. The predicted molar refractivity (Wildman–Crippen MR) is 72.6 cm³/mol. The zero-order chi connectivity index (χ0) is 12.5. The van der Waals surface area contributed by atoms with Crippen molar-refractivity contribution in [3.8, 4) is 16.9 Å². The number of para-hydroxylation sites is 1. The number of anilines is 1. The first kappa shape index (κ1) is 11.1. The van der Waals surface area contributed by atoms with E-state index in [9.17, 15) is 0 Å². The highest BCUT2D eigenvalue weighted by Gasteiger charge is 2.28. The van der Waals surface area contributed by atoms with Gasteiger partial charge in [0.05, 0.1) is 12.8 Å². The Balaban J connectivity index is 2.16. The van der Waals surface area contributed by atoms with Gasteiger partial charge in [-0.15, -0.1) is 0 Å². The molecule has 0 saturated heterocycles. The van der Waals surface area contributed by atoms with Crippen molar-refractivity contribution in [1.82, 2.24) is 4.98 Å². The van der Waals surface area contributed by atoms with Crippen molar-refractivity contribution >= 4 is 5.82 Å². The minimum atomic E-state index is 0.563. The van der Waals surface area contributed by atoms with Crippen LogP contribution in [0.1, 0.15) is 24.5 Å². The normalized spacial score (nSPS) is 14.5. The summed E-state index contributed by atoms with van der Waals surface area (Å²) in [4.78, 5) is 4.51. The van der Waals surface area contributed by atoms with E-state index in [4.69, 9.17) is 10.5 Å². The highest BCUT2D eigenvalue weighted by molar-refractivity contribution is 5.74. The molecule has 2 aromatic rings. The van der Waals surface area contributed by atoms with Crippen LogP contribution in [0.4, 0.5) is 5.82 Å². The van der Waals surface area contributed by atoms with Crippen molar-refractivity contribution in [2.45, 2.75) is 18.8 Å². The maximum absolute atomic E-state index is 5.80. The van der Waals surface area contributed by atoms with Crippen molar-refractivity contribution < 1.29 is 4.74 Å². The van der Waals surface area contributed by atoms with Crippen molar-refractivity contribution in [1.29, 1.82) is 0 Å². The van der Waals surface area contributed by atoms with Crippen LogP contribution in [0.15, 0.2) is 36.4 Å². The van der Waals surface area contributed by atoms with Crippen LogP contribution in [0.2, 0.25) is 0 Å². The van der Waals surface area contributed by atoms with E-state index < -0.39 is 0 Å². The zero-order valence-electron chi connectivity index (χ0n) is 10.4. The van der Waals surface area contributed by atoms with E-state index in [0.717, 1.165) is 22.6 Å². The highest BCUT2D eigenvalue weighted by Crippen LogP contribution is 2.45. The van der Waals surface area contributed by atoms with Gasteiger partial charge in [0.1, 0.15) is 11.6 Å². The Morgan fingerprint density at radius 3 is 2.61 bits per heavy atom. The molecule has 0 atom stereocenters. The first-order valence-electron chi connectivity index (χ1n) is 6.19. The Morgan fingerprint density at radius 2 is 1.89 bits per heavy atom. The third kappa shape index (κ3) is 1.92. The Morgan fingerprint density at radius 1 is 1.11 bits per heavy atom. The fourth-order valence-electron chi connectivity index (χ4n) is 2.25. The molecule has 0 unspecified atom stereocenters. The average molecular weight is 240 g/mol. The van der Waals surface area contributed by atoms with Gasteiger partial charge in [-0.2, -0.15) is 0 Å². The van der Waals surface area contributed by atoms with Crippen LogP contribution >= 0.6 is 0 Å². The molecule has 3 heteroatoms. The van der Waals surface area contributed by atoms with Crippen LogP contribution in [-0.2, 0) is 0 Å². The maximum atomic E-state index is 5.80. The summed E-state index contributed by atoms with van der Waals surface area (Å²) < 4.78 is 5.43. The molecule has 1 fully saturated rings. The van der Waals surface area contributed by atoms with E-state index in [1.54, 1.807) is 7.11 Å². The zero-order valence-corrected chi connectivity index (χ0v) is 10.4. The summed E-state index contributed by atoms with van der Waals surface area (Å²) in [6.07, 6.45) is 2.41. The number of rotatable bonds is 3. The van der Waals surface area contributed by atoms with Crippen molar-refractivity contribution in [2.24, 2.45) is 0 Å². The van der Waals surface area contributed by atoms with Crippen LogP contribution < -0.4 is 10.5 Å².